The molecule has 0 aliphatic carbocycles. The number of likely N-dealkylation sites (N-methyl/N-ethyl adjacent to an activating group) is 1. The number of hydrogen-bond acceptors (Lipinski definition) is 6. The molecule has 0 saturated carbocycles. The van der Waals surface area contributed by atoms with Gasteiger partial charge in [-0.1, -0.05) is 12.2 Å². The Bertz CT molecular complexity index is 2330. The fourth-order valence-electron chi connectivity index (χ4n) is 6.47. The third-order valence-electron chi connectivity index (χ3n) is 8.82. The molecule has 2 aliphatic rings. The summed E-state index contributed by atoms with van der Waals surface area (Å²) in [7, 11) is 1.93. The number of benzene rings is 4. The summed E-state index contributed by atoms with van der Waals surface area (Å²) in [6, 6.07) is 19.7. The van der Waals surface area contributed by atoms with Gasteiger partial charge in [-0.15, -0.1) is 0 Å². The molecule has 0 spiro atoms. The van der Waals surface area contributed by atoms with Crippen molar-refractivity contribution in [3.8, 4) is 22.5 Å². The molecular weight excluding hydrogens is 690 g/mol. The minimum absolute atomic E-state index is 0.338. The Morgan fingerprint density at radius 2 is 1.06 bits per heavy atom. The van der Waals surface area contributed by atoms with Crippen LogP contribution >= 0.6 is 0 Å². The van der Waals surface area contributed by atoms with Gasteiger partial charge in [0, 0.05) is 61.8 Å². The Kier molecular flexibility index (Phi) is 10.2. The van der Waals surface area contributed by atoms with Gasteiger partial charge in [-0.05, 0) is 124 Å². The lowest BCUT2D eigenvalue weighted by Gasteiger charge is -2.16. The highest BCUT2D eigenvalue weighted by Crippen LogP contribution is 2.35. The first-order valence-electron chi connectivity index (χ1n) is 16.6. The third kappa shape index (κ3) is 7.93. The smallest absolute Gasteiger partial charge is 0.133 e. The van der Waals surface area contributed by atoms with Crippen molar-refractivity contribution in [2.75, 3.05) is 20.1 Å². The highest BCUT2D eigenvalue weighted by molar-refractivity contribution is 5.84. The van der Waals surface area contributed by atoms with Gasteiger partial charge in [-0.25, -0.2) is 26.3 Å². The van der Waals surface area contributed by atoms with E-state index in [4.69, 9.17) is 0 Å². The third-order valence-corrected chi connectivity index (χ3v) is 8.82. The first-order valence-corrected chi connectivity index (χ1v) is 16.6. The molecule has 4 heterocycles. The van der Waals surface area contributed by atoms with Crippen LogP contribution < -0.4 is 5.32 Å². The zero-order valence-corrected chi connectivity index (χ0v) is 28.2. The summed E-state index contributed by atoms with van der Waals surface area (Å²) in [4.78, 5) is 2.04. The minimum atomic E-state index is -0.670. The molecule has 4 aromatic carbocycles. The lowest BCUT2D eigenvalue weighted by atomic mass is 9.92. The highest BCUT2D eigenvalue weighted by Gasteiger charge is 2.22. The molecule has 266 valence electrons. The van der Waals surface area contributed by atoms with Gasteiger partial charge in [-0.3, -0.25) is 4.90 Å². The molecule has 0 atom stereocenters. The number of aromatic nitrogens is 4. The number of nitrogens with one attached hydrogen (secondary N) is 1. The largest absolute Gasteiger partial charge is 0.309 e. The van der Waals surface area contributed by atoms with Crippen molar-refractivity contribution in [2.24, 2.45) is 0 Å². The zero-order chi connectivity index (χ0) is 37.1. The summed E-state index contributed by atoms with van der Waals surface area (Å²) in [5.41, 5.74) is 6.41. The van der Waals surface area contributed by atoms with Gasteiger partial charge in [0.2, 0.25) is 0 Å². The quantitative estimate of drug-likeness (QED) is 0.184. The second-order valence-corrected chi connectivity index (χ2v) is 12.6. The number of halogens is 6. The summed E-state index contributed by atoms with van der Waals surface area (Å²) in [5.74, 6) is -3.59. The Morgan fingerprint density at radius 1 is 0.566 bits per heavy atom. The molecule has 2 aliphatic heterocycles. The van der Waals surface area contributed by atoms with Crippen molar-refractivity contribution < 1.29 is 26.3 Å². The van der Waals surface area contributed by atoms with E-state index in [1.54, 1.807) is 36.4 Å². The van der Waals surface area contributed by atoms with Crippen LogP contribution in [0.4, 0.5) is 26.3 Å². The van der Waals surface area contributed by atoms with Crippen molar-refractivity contribution in [1.29, 1.82) is 0 Å². The van der Waals surface area contributed by atoms with E-state index in [2.05, 4.69) is 25.7 Å². The van der Waals surface area contributed by atoms with Gasteiger partial charge < -0.3 is 5.32 Å². The number of rotatable bonds is 4. The molecule has 6 aromatic rings. The van der Waals surface area contributed by atoms with E-state index in [-0.39, 0.29) is 0 Å². The first-order chi connectivity index (χ1) is 25.6. The van der Waals surface area contributed by atoms with E-state index in [1.807, 2.05) is 24.1 Å². The Labute approximate surface area is 301 Å². The molecule has 6 nitrogen and oxygen atoms in total. The maximum atomic E-state index is 14.9. The summed E-state index contributed by atoms with van der Waals surface area (Å²) >= 11 is 0. The average molecular weight is 721 g/mol. The summed E-state index contributed by atoms with van der Waals surface area (Å²) in [6.07, 6.45) is 6.71. The number of fused-ring (bicyclic) bond motifs is 2. The van der Waals surface area contributed by atoms with Gasteiger partial charge in [-0.2, -0.15) is 20.4 Å². The first kappa shape index (κ1) is 35.4. The number of nitrogens with zero attached hydrogens (tertiary/aromatic N) is 5. The molecule has 8 rings (SSSR count). The number of hydrogen-bond donors (Lipinski definition) is 1. The maximum Gasteiger partial charge on any atom is 0.133 e. The summed E-state index contributed by atoms with van der Waals surface area (Å²) < 4.78 is 84.4. The molecule has 12 heteroatoms. The molecule has 0 radical (unpaired) electrons. The van der Waals surface area contributed by atoms with Crippen molar-refractivity contribution in [3.05, 3.63) is 178 Å². The van der Waals surface area contributed by atoms with Gasteiger partial charge in [0.25, 0.3) is 0 Å². The molecule has 0 fully saturated rings. The minimum Gasteiger partial charge on any atom is -0.309 e. The van der Waals surface area contributed by atoms with E-state index in [1.165, 1.54) is 48.8 Å². The van der Waals surface area contributed by atoms with Crippen LogP contribution in [0.25, 0.3) is 33.7 Å². The van der Waals surface area contributed by atoms with E-state index >= 15 is 0 Å². The fraction of sp³-hybridized carbons (Fsp3) is 0.122. The summed E-state index contributed by atoms with van der Waals surface area (Å²) in [6.45, 7) is 2.15. The van der Waals surface area contributed by atoms with Crippen LogP contribution in [0.15, 0.2) is 109 Å². The van der Waals surface area contributed by atoms with Crippen molar-refractivity contribution >= 4 is 11.1 Å². The van der Waals surface area contributed by atoms with Gasteiger partial charge in [0.15, 0.2) is 0 Å². The molecule has 53 heavy (non-hydrogen) atoms. The van der Waals surface area contributed by atoms with Crippen LogP contribution in [0, 0.1) is 34.9 Å². The van der Waals surface area contributed by atoms with E-state index < -0.39 is 34.9 Å². The molecule has 2 aromatic heterocycles. The zero-order valence-electron chi connectivity index (χ0n) is 28.2. The second kappa shape index (κ2) is 15.3. The van der Waals surface area contributed by atoms with Crippen molar-refractivity contribution in [2.45, 2.75) is 13.1 Å². The molecule has 0 bridgehead atoms. The van der Waals surface area contributed by atoms with Crippen molar-refractivity contribution in [3.63, 3.8) is 0 Å². The normalized spacial score (nSPS) is 14.1. The highest BCUT2D eigenvalue weighted by atomic mass is 19.2. The predicted molar refractivity (Wildman–Crippen MR) is 190 cm³/mol. The van der Waals surface area contributed by atoms with Crippen LogP contribution in [0.3, 0.4) is 0 Å². The molecule has 0 saturated heterocycles. The Balaban J connectivity index is 0.000000164. The molecule has 0 amide bonds. The Morgan fingerprint density at radius 3 is 1.57 bits per heavy atom. The van der Waals surface area contributed by atoms with Gasteiger partial charge in [0.05, 0.1) is 11.4 Å². The average Bonchev–Trinajstić information content (AvgIpc) is 3.44. The lowest BCUT2D eigenvalue weighted by molar-refractivity contribution is 0.365. The second-order valence-electron chi connectivity index (χ2n) is 12.6. The predicted octanol–water partition coefficient (Wildman–Crippen LogP) is 8.53. The molecule has 1 N–H and O–H groups in total. The van der Waals surface area contributed by atoms with Crippen LogP contribution in [0.1, 0.15) is 33.4 Å². The van der Waals surface area contributed by atoms with Gasteiger partial charge in [0.1, 0.15) is 34.9 Å². The van der Waals surface area contributed by atoms with Crippen LogP contribution in [0.2, 0.25) is 0 Å². The van der Waals surface area contributed by atoms with Gasteiger partial charge >= 0.3 is 0 Å². The van der Waals surface area contributed by atoms with Crippen LogP contribution in [0.5, 0.6) is 0 Å². The summed E-state index contributed by atoms with van der Waals surface area (Å²) in [5, 5.41) is 18.7. The Hall–Kier alpha value is -5.98. The van der Waals surface area contributed by atoms with E-state index in [9.17, 15) is 26.3 Å². The monoisotopic (exact) mass is 720 g/mol. The molecule has 0 unspecified atom stereocenters. The SMILES string of the molecule is CN1CC=C(c2cc(F)cc(F)c2)c2cc(F)c(-c3cccnn3)cc2C1.Fc1cc(F)cc(C2=CCNCc3cc(-c4cccnn4)c(F)cc32)c1. The van der Waals surface area contributed by atoms with E-state index in [0.717, 1.165) is 23.3 Å². The lowest BCUT2D eigenvalue weighted by Crippen LogP contribution is -2.16. The molecular formula is C41H30F6N6. The topological polar surface area (TPSA) is 66.8 Å². The van der Waals surface area contributed by atoms with Crippen LogP contribution in [-0.4, -0.2) is 45.4 Å². The standard InChI is InChI=1S/C21H16F3N3.C20H14F3N3/c1-27-6-4-17(13-7-15(22)10-16(23)8-13)18-11-20(24)19(9-14(18)12-27)21-3-2-5-25-26-21;21-14-6-12(7-15(22)9-14)16-3-5-24-11-13-8-18(19(23)10-17(13)16)20-2-1-4-25-26-20/h2-5,7-11H,6,12H2,1H3;1-4,6-10,24H,5,11H2. The van der Waals surface area contributed by atoms with Crippen LogP contribution in [-0.2, 0) is 13.1 Å². The van der Waals surface area contributed by atoms with Crippen molar-refractivity contribution in [1.82, 2.24) is 30.6 Å². The maximum absolute atomic E-state index is 14.9. The van der Waals surface area contributed by atoms with E-state index in [0.29, 0.717) is 82.1 Å². The fourth-order valence-corrected chi connectivity index (χ4v) is 6.47.